The lowest BCUT2D eigenvalue weighted by Gasteiger charge is -2.12. The first-order chi connectivity index (χ1) is 10.8. The fourth-order valence-electron chi connectivity index (χ4n) is 3.03. The lowest BCUT2D eigenvalue weighted by Crippen LogP contribution is -2.25. The number of benzene rings is 2. The second kappa shape index (κ2) is 7.46. The lowest BCUT2D eigenvalue weighted by molar-refractivity contribution is 0.305. The third-order valence-corrected chi connectivity index (χ3v) is 4.53. The first kappa shape index (κ1) is 15.1. The monoisotopic (exact) mass is 295 g/mol. The summed E-state index contributed by atoms with van der Waals surface area (Å²) in [5, 5.41) is 3.64. The van der Waals surface area contributed by atoms with Gasteiger partial charge in [-0.05, 0) is 48.6 Å². The van der Waals surface area contributed by atoms with Crippen molar-refractivity contribution in [1.29, 1.82) is 0 Å². The molecule has 0 heterocycles. The lowest BCUT2D eigenvalue weighted by atomic mass is 10.1. The molecule has 1 N–H and O–H groups in total. The van der Waals surface area contributed by atoms with Crippen LogP contribution < -0.4 is 10.1 Å². The van der Waals surface area contributed by atoms with E-state index in [2.05, 4.69) is 60.8 Å². The normalized spacial score (nSPS) is 15.1. The van der Waals surface area contributed by atoms with Gasteiger partial charge in [0.1, 0.15) is 12.4 Å². The third kappa shape index (κ3) is 4.11. The van der Waals surface area contributed by atoms with Crippen LogP contribution in [0.15, 0.2) is 48.5 Å². The first-order valence-corrected chi connectivity index (χ1v) is 8.31. The first-order valence-electron chi connectivity index (χ1n) is 8.31. The minimum absolute atomic E-state index is 0.631. The summed E-state index contributed by atoms with van der Waals surface area (Å²) in [6, 6.07) is 17.6. The number of rotatable bonds is 6. The van der Waals surface area contributed by atoms with Crippen LogP contribution >= 0.6 is 0 Å². The summed E-state index contributed by atoms with van der Waals surface area (Å²) in [5.41, 5.74) is 3.85. The molecule has 116 valence electrons. The van der Waals surface area contributed by atoms with E-state index in [1.165, 1.54) is 42.4 Å². The van der Waals surface area contributed by atoms with Crippen molar-refractivity contribution in [2.45, 2.75) is 51.8 Å². The molecule has 0 spiro atoms. The molecule has 0 unspecified atom stereocenters. The Morgan fingerprint density at radius 3 is 2.45 bits per heavy atom. The Hall–Kier alpha value is -1.80. The van der Waals surface area contributed by atoms with Gasteiger partial charge in [0.15, 0.2) is 0 Å². The highest BCUT2D eigenvalue weighted by Crippen LogP contribution is 2.19. The molecule has 1 saturated carbocycles. The van der Waals surface area contributed by atoms with Crippen LogP contribution in [0.2, 0.25) is 0 Å². The van der Waals surface area contributed by atoms with E-state index in [-0.39, 0.29) is 0 Å². The summed E-state index contributed by atoms with van der Waals surface area (Å²) in [5.74, 6) is 0.938. The van der Waals surface area contributed by atoms with Crippen LogP contribution in [0, 0.1) is 6.92 Å². The van der Waals surface area contributed by atoms with Gasteiger partial charge in [-0.25, -0.2) is 0 Å². The van der Waals surface area contributed by atoms with E-state index in [1.807, 2.05) is 0 Å². The minimum atomic E-state index is 0.631. The summed E-state index contributed by atoms with van der Waals surface area (Å²) in [6.07, 6.45) is 5.42. The van der Waals surface area contributed by atoms with Crippen molar-refractivity contribution in [3.63, 3.8) is 0 Å². The van der Waals surface area contributed by atoms with E-state index in [0.717, 1.165) is 18.3 Å². The van der Waals surface area contributed by atoms with Crippen LogP contribution in [0.4, 0.5) is 0 Å². The molecule has 0 radical (unpaired) electrons. The van der Waals surface area contributed by atoms with Crippen molar-refractivity contribution in [2.75, 3.05) is 0 Å². The molecule has 2 heteroatoms. The topological polar surface area (TPSA) is 21.3 Å². The quantitative estimate of drug-likeness (QED) is 0.840. The maximum Gasteiger partial charge on any atom is 0.119 e. The molecular formula is C20H25NO. The van der Waals surface area contributed by atoms with Crippen molar-refractivity contribution in [2.24, 2.45) is 0 Å². The van der Waals surface area contributed by atoms with Gasteiger partial charge in [-0.3, -0.25) is 0 Å². The van der Waals surface area contributed by atoms with E-state index in [0.29, 0.717) is 6.61 Å². The van der Waals surface area contributed by atoms with Crippen molar-refractivity contribution < 1.29 is 4.74 Å². The molecule has 2 aromatic rings. The zero-order valence-electron chi connectivity index (χ0n) is 13.3. The molecule has 1 aliphatic carbocycles. The van der Waals surface area contributed by atoms with E-state index in [1.54, 1.807) is 0 Å². The molecule has 0 bridgehead atoms. The fraction of sp³-hybridized carbons (Fsp3) is 0.400. The van der Waals surface area contributed by atoms with E-state index in [9.17, 15) is 0 Å². The van der Waals surface area contributed by atoms with Gasteiger partial charge in [0.25, 0.3) is 0 Å². The molecule has 0 aliphatic heterocycles. The molecule has 0 aromatic heterocycles. The average molecular weight is 295 g/mol. The van der Waals surface area contributed by atoms with Crippen molar-refractivity contribution >= 4 is 0 Å². The number of nitrogens with one attached hydrogen (secondary N) is 1. The predicted octanol–water partition coefficient (Wildman–Crippen LogP) is 4.61. The second-order valence-electron chi connectivity index (χ2n) is 6.22. The summed E-state index contributed by atoms with van der Waals surface area (Å²) in [7, 11) is 0. The van der Waals surface area contributed by atoms with Gasteiger partial charge in [0.05, 0.1) is 0 Å². The highest BCUT2D eigenvalue weighted by molar-refractivity contribution is 5.29. The number of aryl methyl sites for hydroxylation is 1. The SMILES string of the molecule is Cc1ccccc1COc1ccc(CNC2CCCC2)cc1. The average Bonchev–Trinajstić information content (AvgIpc) is 3.07. The Morgan fingerprint density at radius 2 is 1.73 bits per heavy atom. The molecular weight excluding hydrogens is 270 g/mol. The summed E-state index contributed by atoms with van der Waals surface area (Å²) in [6.45, 7) is 3.71. The Kier molecular flexibility index (Phi) is 5.12. The van der Waals surface area contributed by atoms with Crippen LogP contribution in [-0.2, 0) is 13.2 Å². The third-order valence-electron chi connectivity index (χ3n) is 4.53. The van der Waals surface area contributed by atoms with Crippen molar-refractivity contribution in [3.05, 3.63) is 65.2 Å². The maximum atomic E-state index is 5.89. The highest BCUT2D eigenvalue weighted by atomic mass is 16.5. The van der Waals surface area contributed by atoms with Crippen LogP contribution in [0.1, 0.15) is 42.4 Å². The van der Waals surface area contributed by atoms with Crippen LogP contribution in [0.25, 0.3) is 0 Å². The highest BCUT2D eigenvalue weighted by Gasteiger charge is 2.13. The minimum Gasteiger partial charge on any atom is -0.489 e. The number of hydrogen-bond donors (Lipinski definition) is 1. The zero-order chi connectivity index (χ0) is 15.2. The molecule has 22 heavy (non-hydrogen) atoms. The van der Waals surface area contributed by atoms with Crippen LogP contribution in [0.3, 0.4) is 0 Å². The van der Waals surface area contributed by atoms with Gasteiger partial charge in [0, 0.05) is 12.6 Å². The van der Waals surface area contributed by atoms with E-state index >= 15 is 0 Å². The van der Waals surface area contributed by atoms with Gasteiger partial charge >= 0.3 is 0 Å². The molecule has 1 aliphatic rings. The largest absolute Gasteiger partial charge is 0.489 e. The molecule has 2 aromatic carbocycles. The standard InChI is InChI=1S/C20H25NO/c1-16-6-2-3-7-18(16)15-22-20-12-10-17(11-13-20)14-21-19-8-4-5-9-19/h2-3,6-7,10-13,19,21H,4-5,8-9,14-15H2,1H3. The van der Waals surface area contributed by atoms with Gasteiger partial charge in [-0.2, -0.15) is 0 Å². The molecule has 0 amide bonds. The fourth-order valence-corrected chi connectivity index (χ4v) is 3.03. The van der Waals surface area contributed by atoms with Crippen molar-refractivity contribution in [3.8, 4) is 5.75 Å². The molecule has 2 nitrogen and oxygen atoms in total. The maximum absolute atomic E-state index is 5.89. The Bertz CT molecular complexity index is 585. The summed E-state index contributed by atoms with van der Waals surface area (Å²) >= 11 is 0. The van der Waals surface area contributed by atoms with E-state index in [4.69, 9.17) is 4.74 Å². The summed E-state index contributed by atoms with van der Waals surface area (Å²) < 4.78 is 5.89. The summed E-state index contributed by atoms with van der Waals surface area (Å²) in [4.78, 5) is 0. The van der Waals surface area contributed by atoms with Crippen LogP contribution in [-0.4, -0.2) is 6.04 Å². The number of hydrogen-bond acceptors (Lipinski definition) is 2. The smallest absolute Gasteiger partial charge is 0.119 e. The molecule has 0 atom stereocenters. The Morgan fingerprint density at radius 1 is 1.00 bits per heavy atom. The van der Waals surface area contributed by atoms with Gasteiger partial charge in [-0.15, -0.1) is 0 Å². The Balaban J connectivity index is 1.49. The van der Waals surface area contributed by atoms with Crippen molar-refractivity contribution in [1.82, 2.24) is 5.32 Å². The van der Waals surface area contributed by atoms with E-state index < -0.39 is 0 Å². The number of ether oxygens (including phenoxy) is 1. The van der Waals surface area contributed by atoms with Gasteiger partial charge in [-0.1, -0.05) is 49.2 Å². The molecule has 0 saturated heterocycles. The zero-order valence-corrected chi connectivity index (χ0v) is 13.3. The van der Waals surface area contributed by atoms with Crippen LogP contribution in [0.5, 0.6) is 5.75 Å². The van der Waals surface area contributed by atoms with Gasteiger partial charge < -0.3 is 10.1 Å². The predicted molar refractivity (Wildman–Crippen MR) is 91.0 cm³/mol. The molecule has 1 fully saturated rings. The molecule has 3 rings (SSSR count). The Labute approximate surface area is 133 Å². The van der Waals surface area contributed by atoms with Gasteiger partial charge in [0.2, 0.25) is 0 Å². The second-order valence-corrected chi connectivity index (χ2v) is 6.22.